The number of aliphatic hydroxyl groups is 2. The monoisotopic (exact) mass is 899 g/mol. The second-order valence-corrected chi connectivity index (χ2v) is 15.8. The number of Topliss-reactive ketones (excluding diaryl/α,β-unsaturated/α-hetero) is 2. The molecule has 6 aromatic rings. The van der Waals surface area contributed by atoms with Gasteiger partial charge in [0, 0.05) is 68.8 Å². The van der Waals surface area contributed by atoms with Gasteiger partial charge in [-0.25, -0.2) is 0 Å². The Balaban J connectivity index is 0.000000232. The van der Waals surface area contributed by atoms with Crippen molar-refractivity contribution in [3.05, 3.63) is 166 Å². The van der Waals surface area contributed by atoms with Crippen LogP contribution in [0.2, 0.25) is 0 Å². The van der Waals surface area contributed by atoms with Gasteiger partial charge < -0.3 is 40.1 Å². The molecule has 2 saturated carbocycles. The predicted molar refractivity (Wildman–Crippen MR) is 241 cm³/mol. The second-order valence-electron chi connectivity index (χ2n) is 15.8. The zero-order valence-corrected chi connectivity index (χ0v) is 39.3. The van der Waals surface area contributed by atoms with E-state index in [0.29, 0.717) is 62.4 Å². The number of ketones is 3. The fourth-order valence-corrected chi connectivity index (χ4v) is 8.19. The van der Waals surface area contributed by atoms with E-state index in [4.69, 9.17) is 33.5 Å². The van der Waals surface area contributed by atoms with Gasteiger partial charge in [0.25, 0.3) is 0 Å². The van der Waals surface area contributed by atoms with Crippen molar-refractivity contribution in [3.63, 3.8) is 0 Å². The van der Waals surface area contributed by atoms with Crippen molar-refractivity contribution in [1.82, 2.24) is 9.97 Å². The Hall–Kier alpha value is -6.03. The van der Waals surface area contributed by atoms with Gasteiger partial charge in [0.2, 0.25) is 13.6 Å². The first-order valence-corrected chi connectivity index (χ1v) is 20.9. The number of carbonyl (C=O) groups excluding carboxylic acids is 3. The van der Waals surface area contributed by atoms with Crippen molar-refractivity contribution in [1.29, 1.82) is 0 Å². The number of aliphatic hydroxyl groups excluding tert-OH is 2. The van der Waals surface area contributed by atoms with Crippen molar-refractivity contribution in [3.8, 4) is 34.5 Å². The van der Waals surface area contributed by atoms with Crippen LogP contribution in [0.1, 0.15) is 82.8 Å². The number of rotatable bonds is 14. The van der Waals surface area contributed by atoms with Crippen molar-refractivity contribution >= 4 is 25.8 Å². The van der Waals surface area contributed by atoms with E-state index < -0.39 is 16.9 Å². The van der Waals surface area contributed by atoms with E-state index in [1.54, 1.807) is 43.6 Å². The van der Waals surface area contributed by atoms with Gasteiger partial charge >= 0.3 is 29.6 Å². The van der Waals surface area contributed by atoms with Crippen LogP contribution in [0.15, 0.2) is 122 Å². The Morgan fingerprint density at radius 1 is 0.636 bits per heavy atom. The van der Waals surface area contributed by atoms with Crippen LogP contribution >= 0.6 is 0 Å². The molecule has 2 aromatic heterocycles. The van der Waals surface area contributed by atoms with Gasteiger partial charge in [-0.1, -0.05) is 48.5 Å². The first kappa shape index (κ1) is 49.4. The third kappa shape index (κ3) is 10.2. The molecule has 3 radical (unpaired) electrons. The number of benzene rings is 4. The molecule has 10 rings (SSSR count). The molecule has 66 heavy (non-hydrogen) atoms. The van der Waals surface area contributed by atoms with Crippen molar-refractivity contribution < 1.29 is 84.0 Å². The Morgan fingerprint density at radius 2 is 1.12 bits per heavy atom. The summed E-state index contributed by atoms with van der Waals surface area (Å²) in [5.41, 5.74) is 4.60. The maximum atomic E-state index is 13.1. The van der Waals surface area contributed by atoms with Crippen LogP contribution in [-0.4, -0.2) is 80.9 Å². The summed E-state index contributed by atoms with van der Waals surface area (Å²) in [7, 11) is 4.11. The number of hydrogen-bond acceptors (Lipinski definition) is 13. The first-order valence-electron chi connectivity index (χ1n) is 20.9. The van der Waals surface area contributed by atoms with E-state index in [-0.39, 0.29) is 83.2 Å². The minimum absolute atomic E-state index is 0. The van der Waals surface area contributed by atoms with Crippen LogP contribution in [0, 0.1) is 0 Å². The van der Waals surface area contributed by atoms with Gasteiger partial charge in [-0.3, -0.25) is 24.4 Å². The standard InChI is InChI=1S/C25H23NO5.C25H21NO5.CH4O.B.Na.H/c2*1-29-20-5-3-2-4-19(20)24(28)16-6-8-18(26-14-16)13-23(27)25(10-11-25)17-7-9-21-22(12-17)31-15-30-21;1-2;;;/h2-9,12,14,24,28H,10-11,13,15H2,1H3;2-9,12,14H,10-11,13,15H2,1H3;2H,1H3;;;/q;;;;+1;-1. The number of carbonyl (C=O) groups is 3. The smallest absolute Gasteiger partial charge is 1.00 e. The minimum Gasteiger partial charge on any atom is -1.00 e. The normalized spacial score (nSPS) is 15.1. The molecular formula is C51H49BN2NaO11. The number of methoxy groups -OCH3 is 2. The molecule has 2 N–H and O–H groups in total. The molecule has 0 saturated heterocycles. The van der Waals surface area contributed by atoms with Crippen LogP contribution in [0.3, 0.4) is 0 Å². The maximum absolute atomic E-state index is 13.1. The fraction of sp³-hybridized carbons (Fsp3) is 0.275. The molecule has 4 heterocycles. The zero-order chi connectivity index (χ0) is 44.8. The molecule has 1 unspecified atom stereocenters. The molecule has 2 aliphatic heterocycles. The summed E-state index contributed by atoms with van der Waals surface area (Å²) in [5.74, 6) is 4.07. The number of nitrogens with zero attached hydrogens (tertiary/aromatic N) is 2. The maximum Gasteiger partial charge on any atom is 1.00 e. The van der Waals surface area contributed by atoms with E-state index in [9.17, 15) is 19.5 Å². The number of pyridine rings is 2. The quantitative estimate of drug-likeness (QED) is 0.119. The summed E-state index contributed by atoms with van der Waals surface area (Å²) in [5, 5.41) is 17.7. The number of fused-ring (bicyclic) bond motifs is 2. The van der Waals surface area contributed by atoms with Crippen LogP contribution < -0.4 is 58.0 Å². The fourth-order valence-electron chi connectivity index (χ4n) is 8.19. The van der Waals surface area contributed by atoms with Crippen molar-refractivity contribution in [2.75, 3.05) is 34.9 Å². The van der Waals surface area contributed by atoms with Gasteiger partial charge in [-0.05, 0) is 97.5 Å². The van der Waals surface area contributed by atoms with E-state index in [1.807, 2.05) is 78.9 Å². The Morgan fingerprint density at radius 3 is 1.61 bits per heavy atom. The van der Waals surface area contributed by atoms with Gasteiger partial charge in [0.05, 0.1) is 30.6 Å². The zero-order valence-electron chi connectivity index (χ0n) is 38.3. The van der Waals surface area contributed by atoms with Crippen molar-refractivity contribution in [2.45, 2.75) is 55.5 Å². The molecular weight excluding hydrogens is 850 g/mol. The Kier molecular flexibility index (Phi) is 16.1. The summed E-state index contributed by atoms with van der Waals surface area (Å²) in [6, 6.07) is 33.0. The number of ether oxygens (including phenoxy) is 6. The van der Waals surface area contributed by atoms with Crippen LogP contribution in [-0.2, 0) is 33.3 Å². The molecule has 0 bridgehead atoms. The second kappa shape index (κ2) is 21.5. The third-order valence-electron chi connectivity index (χ3n) is 12.1. The predicted octanol–water partition coefficient (Wildman–Crippen LogP) is 3.98. The molecule has 4 aliphatic rings. The van der Waals surface area contributed by atoms with Crippen molar-refractivity contribution in [2.24, 2.45) is 0 Å². The number of aromatic nitrogens is 2. The SMILES string of the molecule is CO.COc1ccccc1C(=O)c1ccc(CC(=O)C2(c3ccc4c(c3)OCO4)CC2)nc1.COc1ccccc1C(O)c1ccc(CC(=O)C2(c3ccc4c(c3)OCO4)CC2)nc1.[B].[H-].[Na+]. The average Bonchev–Trinajstić information content (AvgIpc) is 4.25. The van der Waals surface area contributed by atoms with Crippen LogP contribution in [0.25, 0.3) is 0 Å². The van der Waals surface area contributed by atoms with Gasteiger partial charge in [0.1, 0.15) is 29.2 Å². The third-order valence-corrected chi connectivity index (χ3v) is 12.1. The molecule has 15 heteroatoms. The van der Waals surface area contributed by atoms with E-state index >= 15 is 0 Å². The average molecular weight is 900 g/mol. The topological polar surface area (TPSA) is 173 Å². The summed E-state index contributed by atoms with van der Waals surface area (Å²) < 4.78 is 32.3. The Bertz CT molecular complexity index is 2680. The minimum atomic E-state index is -0.850. The molecule has 2 aliphatic carbocycles. The van der Waals surface area contributed by atoms with E-state index in [0.717, 1.165) is 49.7 Å². The van der Waals surface area contributed by atoms with E-state index in [2.05, 4.69) is 9.97 Å². The van der Waals surface area contributed by atoms with Gasteiger partial charge in [0.15, 0.2) is 28.8 Å². The summed E-state index contributed by atoms with van der Waals surface area (Å²) in [6.07, 6.45) is 6.06. The molecule has 1 atom stereocenters. The largest absolute Gasteiger partial charge is 1.00 e. The first-order chi connectivity index (χ1) is 31.2. The molecule has 13 nitrogen and oxygen atoms in total. The molecule has 0 spiro atoms. The molecule has 2 fully saturated rings. The summed E-state index contributed by atoms with van der Waals surface area (Å²) in [4.78, 5) is 47.9. The number of hydrogen-bond donors (Lipinski definition) is 2. The molecule has 0 amide bonds. The van der Waals surface area contributed by atoms with E-state index in [1.165, 1.54) is 13.3 Å². The van der Waals surface area contributed by atoms with Crippen LogP contribution in [0.4, 0.5) is 0 Å². The van der Waals surface area contributed by atoms with Gasteiger partial charge in [-0.2, -0.15) is 0 Å². The molecule has 4 aromatic carbocycles. The molecule has 333 valence electrons. The van der Waals surface area contributed by atoms with Gasteiger partial charge in [-0.15, -0.1) is 0 Å². The summed E-state index contributed by atoms with van der Waals surface area (Å²) in [6.45, 7) is 0.431. The van der Waals surface area contributed by atoms with Crippen LogP contribution in [0.5, 0.6) is 34.5 Å². The Labute approximate surface area is 408 Å². The number of para-hydroxylation sites is 2. The summed E-state index contributed by atoms with van der Waals surface area (Å²) >= 11 is 0.